The van der Waals surface area contributed by atoms with Crippen LogP contribution in [0, 0.1) is 11.8 Å². The molecule has 1 unspecified atom stereocenters. The van der Waals surface area contributed by atoms with Gasteiger partial charge in [-0.3, -0.25) is 4.79 Å². The van der Waals surface area contributed by atoms with Gasteiger partial charge in [-0.1, -0.05) is 0 Å². The van der Waals surface area contributed by atoms with Gasteiger partial charge in [-0.15, -0.1) is 0 Å². The predicted octanol–water partition coefficient (Wildman–Crippen LogP) is 1.89. The number of ether oxygens (including phenoxy) is 1. The van der Waals surface area contributed by atoms with Gasteiger partial charge in [-0.2, -0.15) is 13.2 Å². The van der Waals surface area contributed by atoms with Crippen LogP contribution >= 0.6 is 0 Å². The zero-order chi connectivity index (χ0) is 20.5. The first-order valence-electron chi connectivity index (χ1n) is 8.63. The van der Waals surface area contributed by atoms with E-state index >= 15 is 0 Å². The summed E-state index contributed by atoms with van der Waals surface area (Å²) in [6.07, 6.45) is -3.76. The number of likely N-dealkylation sites (N-methyl/N-ethyl adjacent to an activating group) is 1. The molecule has 1 spiro atoms. The monoisotopic (exact) mass is 402 g/mol. The van der Waals surface area contributed by atoms with Gasteiger partial charge in [0.25, 0.3) is 0 Å². The number of aliphatic carboxylic acids is 1. The minimum atomic E-state index is -5.08. The molecule has 1 saturated carbocycles. The van der Waals surface area contributed by atoms with Crippen molar-refractivity contribution in [3.63, 3.8) is 0 Å². The quantitative estimate of drug-likeness (QED) is 0.703. The molecule has 3 rings (SSSR count). The third kappa shape index (κ3) is 5.50. The normalized spacial score (nSPS) is 26.5. The van der Waals surface area contributed by atoms with E-state index in [4.69, 9.17) is 14.6 Å². The van der Waals surface area contributed by atoms with Gasteiger partial charge in [0, 0.05) is 45.0 Å². The molecule has 3 aliphatic rings. The largest absolute Gasteiger partial charge is 0.490 e. The zero-order valence-electron chi connectivity index (χ0n) is 14.8. The maximum absolute atomic E-state index is 12.7. The summed E-state index contributed by atoms with van der Waals surface area (Å²) in [7, 11) is 2.07. The van der Waals surface area contributed by atoms with Crippen LogP contribution in [0.15, 0.2) is 0 Å². The number of likely N-dealkylation sites (tertiary alicyclic amines) is 1. The smallest absolute Gasteiger partial charge is 0.475 e. The molecule has 156 valence electrons. The highest BCUT2D eigenvalue weighted by Gasteiger charge is 2.51. The van der Waals surface area contributed by atoms with E-state index in [1.807, 2.05) is 0 Å². The Balaban J connectivity index is 0.000000321. The van der Waals surface area contributed by atoms with Crippen LogP contribution in [0.1, 0.15) is 25.7 Å². The van der Waals surface area contributed by atoms with E-state index in [1.54, 1.807) is 0 Å². The van der Waals surface area contributed by atoms with E-state index in [1.165, 1.54) is 0 Å². The molecule has 27 heavy (non-hydrogen) atoms. The van der Waals surface area contributed by atoms with Crippen LogP contribution in [-0.2, 0) is 14.3 Å². The van der Waals surface area contributed by atoms with Gasteiger partial charge < -0.3 is 20.1 Å². The fourth-order valence-electron chi connectivity index (χ4n) is 3.77. The number of rotatable bonds is 4. The van der Waals surface area contributed by atoms with Crippen molar-refractivity contribution in [3.05, 3.63) is 0 Å². The molecule has 0 radical (unpaired) electrons. The molecule has 0 aromatic rings. The van der Waals surface area contributed by atoms with Gasteiger partial charge in [-0.25, -0.2) is 13.6 Å². The minimum Gasteiger partial charge on any atom is -0.475 e. The number of carbonyl (C=O) groups is 2. The topological polar surface area (TPSA) is 78.9 Å². The van der Waals surface area contributed by atoms with Crippen molar-refractivity contribution in [1.82, 2.24) is 10.2 Å². The van der Waals surface area contributed by atoms with Crippen LogP contribution in [0.3, 0.4) is 0 Å². The molecular weight excluding hydrogens is 379 g/mol. The summed E-state index contributed by atoms with van der Waals surface area (Å²) in [6.45, 7) is 3.28. The van der Waals surface area contributed by atoms with Gasteiger partial charge in [0.2, 0.25) is 11.8 Å². The van der Waals surface area contributed by atoms with Crippen molar-refractivity contribution in [3.8, 4) is 0 Å². The van der Waals surface area contributed by atoms with Crippen LogP contribution in [-0.4, -0.2) is 72.9 Å². The highest BCUT2D eigenvalue weighted by molar-refractivity contribution is 5.79. The van der Waals surface area contributed by atoms with E-state index in [9.17, 15) is 26.7 Å². The second-order valence-corrected chi connectivity index (χ2v) is 7.41. The van der Waals surface area contributed by atoms with Crippen LogP contribution in [0.5, 0.6) is 0 Å². The number of nitrogens with one attached hydrogen (secondary N) is 1. The summed E-state index contributed by atoms with van der Waals surface area (Å²) < 4.78 is 63.0. The Bertz CT molecular complexity index is 556. The molecule has 2 aliphatic heterocycles. The third-order valence-corrected chi connectivity index (χ3v) is 5.17. The Labute approximate surface area is 153 Å². The number of carbonyl (C=O) groups excluding carboxylic acids is 1. The lowest BCUT2D eigenvalue weighted by Gasteiger charge is -2.48. The van der Waals surface area contributed by atoms with Crippen molar-refractivity contribution >= 4 is 11.9 Å². The van der Waals surface area contributed by atoms with E-state index in [2.05, 4.69) is 17.3 Å². The van der Waals surface area contributed by atoms with E-state index in [-0.39, 0.29) is 24.3 Å². The number of carboxylic acid groups (broad SMARTS) is 1. The Morgan fingerprint density at radius 2 is 1.81 bits per heavy atom. The lowest BCUT2D eigenvalue weighted by Crippen LogP contribution is -2.63. The fraction of sp³-hybridized carbons (Fsp3) is 0.875. The molecule has 2 N–H and O–H groups in total. The van der Waals surface area contributed by atoms with Gasteiger partial charge in [0.15, 0.2) is 0 Å². The molecule has 2 saturated heterocycles. The van der Waals surface area contributed by atoms with Crippen LogP contribution in [0.2, 0.25) is 0 Å². The standard InChI is InChI=1S/C14H22F2N2O2.C2HF3O2/c1-18-8-13(9-18)11(3-5-20-13)2-4-17-12(19)10-6-14(15,16)7-10;3-2(4,5)1(6)7/h10-11H,2-9H2,1H3,(H,17,19);(H,6,7). The van der Waals surface area contributed by atoms with Crippen molar-refractivity contribution in [2.75, 3.05) is 33.3 Å². The van der Waals surface area contributed by atoms with Crippen LogP contribution in [0.25, 0.3) is 0 Å². The van der Waals surface area contributed by atoms with E-state index < -0.39 is 24.0 Å². The second-order valence-electron chi connectivity index (χ2n) is 7.41. The Kier molecular flexibility index (Phi) is 6.35. The number of hydrogen-bond donors (Lipinski definition) is 2. The highest BCUT2D eigenvalue weighted by atomic mass is 19.4. The predicted molar refractivity (Wildman–Crippen MR) is 83.3 cm³/mol. The molecule has 1 atom stereocenters. The first-order chi connectivity index (χ1) is 12.3. The number of amides is 1. The molecule has 11 heteroatoms. The van der Waals surface area contributed by atoms with Gasteiger partial charge in [0.05, 0.1) is 5.60 Å². The molecule has 2 heterocycles. The molecule has 0 aromatic carbocycles. The number of nitrogens with zero attached hydrogens (tertiary/aromatic N) is 1. The summed E-state index contributed by atoms with van der Waals surface area (Å²) in [6, 6.07) is 0. The lowest BCUT2D eigenvalue weighted by molar-refractivity contribution is -0.192. The maximum Gasteiger partial charge on any atom is 0.490 e. The Morgan fingerprint density at radius 1 is 1.26 bits per heavy atom. The first-order valence-corrected chi connectivity index (χ1v) is 8.63. The maximum atomic E-state index is 12.7. The van der Waals surface area contributed by atoms with Crippen molar-refractivity contribution in [2.45, 2.75) is 43.4 Å². The molecular formula is C16H23F5N2O4. The average Bonchev–Trinajstić information content (AvgIpc) is 2.87. The van der Waals surface area contributed by atoms with Crippen molar-refractivity contribution in [2.24, 2.45) is 11.8 Å². The molecule has 0 bridgehead atoms. The Morgan fingerprint density at radius 3 is 2.26 bits per heavy atom. The molecule has 6 nitrogen and oxygen atoms in total. The molecule has 1 amide bonds. The van der Waals surface area contributed by atoms with E-state index in [0.29, 0.717) is 12.5 Å². The zero-order valence-corrected chi connectivity index (χ0v) is 14.8. The third-order valence-electron chi connectivity index (χ3n) is 5.17. The second kappa shape index (κ2) is 7.86. The van der Waals surface area contributed by atoms with Gasteiger partial charge in [0.1, 0.15) is 0 Å². The number of halogens is 5. The lowest BCUT2D eigenvalue weighted by atomic mass is 9.79. The van der Waals surface area contributed by atoms with Gasteiger partial charge in [-0.05, 0) is 25.8 Å². The first kappa shape index (κ1) is 21.8. The number of alkyl halides is 5. The van der Waals surface area contributed by atoms with Gasteiger partial charge >= 0.3 is 12.1 Å². The van der Waals surface area contributed by atoms with Crippen molar-refractivity contribution < 1.29 is 41.4 Å². The van der Waals surface area contributed by atoms with Crippen LogP contribution < -0.4 is 5.32 Å². The number of carboxylic acids is 1. The van der Waals surface area contributed by atoms with Crippen LogP contribution in [0.4, 0.5) is 22.0 Å². The summed E-state index contributed by atoms with van der Waals surface area (Å²) in [5, 5.41) is 9.93. The summed E-state index contributed by atoms with van der Waals surface area (Å²) >= 11 is 0. The Hall–Kier alpha value is -1.49. The molecule has 1 aliphatic carbocycles. The fourth-order valence-corrected chi connectivity index (χ4v) is 3.77. The highest BCUT2D eigenvalue weighted by Crippen LogP contribution is 2.43. The summed E-state index contributed by atoms with van der Waals surface area (Å²) in [5.41, 5.74) is -0.0109. The summed E-state index contributed by atoms with van der Waals surface area (Å²) in [4.78, 5) is 22.8. The molecule has 3 fully saturated rings. The SMILES string of the molecule is CN1CC2(C1)OCCC2CCNC(=O)C1CC(F)(F)C1.O=C(O)C(F)(F)F. The van der Waals surface area contributed by atoms with Crippen molar-refractivity contribution in [1.29, 1.82) is 0 Å². The number of hydrogen-bond acceptors (Lipinski definition) is 4. The average molecular weight is 402 g/mol. The van der Waals surface area contributed by atoms with E-state index in [0.717, 1.165) is 32.5 Å². The minimum absolute atomic E-state index is 0.0109. The summed E-state index contributed by atoms with van der Waals surface area (Å²) in [5.74, 6) is -5.61. The molecule has 0 aromatic heterocycles.